The van der Waals surface area contributed by atoms with Crippen LogP contribution in [-0.4, -0.2) is 29.3 Å². The van der Waals surface area contributed by atoms with E-state index in [1.165, 1.54) is 0 Å². The van der Waals surface area contributed by atoms with E-state index in [4.69, 9.17) is 5.73 Å². The number of primary amides is 1. The zero-order valence-corrected chi connectivity index (χ0v) is 13.3. The summed E-state index contributed by atoms with van der Waals surface area (Å²) < 4.78 is 0. The molecule has 0 bridgehead atoms. The second-order valence-electron chi connectivity index (χ2n) is 6.03. The number of benzene rings is 1. The lowest BCUT2D eigenvalue weighted by molar-refractivity contribution is -0.122. The summed E-state index contributed by atoms with van der Waals surface area (Å²) in [6, 6.07) is 7.63. The largest absolute Gasteiger partial charge is 0.368 e. The first kappa shape index (κ1) is 16.5. The molecule has 2 rings (SSSR count). The molecule has 22 heavy (non-hydrogen) atoms. The van der Waals surface area contributed by atoms with Gasteiger partial charge in [-0.05, 0) is 43.5 Å². The van der Waals surface area contributed by atoms with E-state index in [1.807, 2.05) is 38.1 Å². The number of carbonyl (C=O) groups is 2. The Labute approximate surface area is 131 Å². The summed E-state index contributed by atoms with van der Waals surface area (Å²) in [5, 5.41) is 2.94. The molecule has 1 aliphatic heterocycles. The molecule has 3 N–H and O–H groups in total. The predicted molar refractivity (Wildman–Crippen MR) is 87.2 cm³/mol. The zero-order valence-electron chi connectivity index (χ0n) is 13.3. The molecule has 1 heterocycles. The Bertz CT molecular complexity index is 544. The van der Waals surface area contributed by atoms with E-state index in [9.17, 15) is 9.59 Å². The van der Waals surface area contributed by atoms with Gasteiger partial charge in [-0.25, -0.2) is 0 Å². The minimum Gasteiger partial charge on any atom is -0.368 e. The number of hydrogen-bond donors (Lipinski definition) is 2. The van der Waals surface area contributed by atoms with Crippen LogP contribution in [-0.2, 0) is 16.1 Å². The molecule has 0 aromatic heterocycles. The van der Waals surface area contributed by atoms with Crippen molar-refractivity contribution in [3.05, 3.63) is 29.8 Å². The van der Waals surface area contributed by atoms with Crippen molar-refractivity contribution in [2.24, 2.45) is 11.7 Å². The first-order valence-electron chi connectivity index (χ1n) is 7.94. The number of rotatable bonds is 6. The third kappa shape index (κ3) is 4.07. The van der Waals surface area contributed by atoms with E-state index < -0.39 is 0 Å². The van der Waals surface area contributed by atoms with Crippen molar-refractivity contribution in [2.75, 3.05) is 11.9 Å². The van der Waals surface area contributed by atoms with Crippen LogP contribution in [0, 0.1) is 5.92 Å². The van der Waals surface area contributed by atoms with Gasteiger partial charge in [-0.2, -0.15) is 0 Å². The summed E-state index contributed by atoms with van der Waals surface area (Å²) in [6.07, 6.45) is 2.65. The highest BCUT2D eigenvalue weighted by molar-refractivity contribution is 5.92. The average molecular weight is 303 g/mol. The summed E-state index contributed by atoms with van der Waals surface area (Å²) in [5.74, 6) is -0.212. The molecule has 0 spiro atoms. The monoisotopic (exact) mass is 303 g/mol. The number of carbonyl (C=O) groups excluding carboxylic acids is 2. The lowest BCUT2D eigenvalue weighted by atomic mass is 10.1. The average Bonchev–Trinajstić information content (AvgIpc) is 2.95. The van der Waals surface area contributed by atoms with Gasteiger partial charge < -0.3 is 11.1 Å². The van der Waals surface area contributed by atoms with Gasteiger partial charge in [0, 0.05) is 18.2 Å². The Morgan fingerprint density at radius 3 is 2.91 bits per heavy atom. The van der Waals surface area contributed by atoms with Gasteiger partial charge in [-0.15, -0.1) is 0 Å². The van der Waals surface area contributed by atoms with Gasteiger partial charge in [0.05, 0.1) is 6.04 Å². The number of hydrogen-bond acceptors (Lipinski definition) is 3. The Kier molecular flexibility index (Phi) is 5.55. The molecular weight excluding hydrogens is 278 g/mol. The molecular formula is C17H25N3O2. The highest BCUT2D eigenvalue weighted by Gasteiger charge is 2.28. The fraction of sp³-hybridized carbons (Fsp3) is 0.529. The first-order chi connectivity index (χ1) is 10.5. The molecule has 0 radical (unpaired) electrons. The predicted octanol–water partition coefficient (Wildman–Crippen LogP) is 2.12. The lowest BCUT2D eigenvalue weighted by Crippen LogP contribution is -2.39. The van der Waals surface area contributed by atoms with Crippen LogP contribution in [0.15, 0.2) is 24.3 Å². The second kappa shape index (κ2) is 7.40. The van der Waals surface area contributed by atoms with Crippen LogP contribution in [0.25, 0.3) is 0 Å². The van der Waals surface area contributed by atoms with Gasteiger partial charge >= 0.3 is 0 Å². The van der Waals surface area contributed by atoms with Crippen molar-refractivity contribution in [3.8, 4) is 0 Å². The third-order valence-corrected chi connectivity index (χ3v) is 4.33. The Hall–Kier alpha value is -1.88. The van der Waals surface area contributed by atoms with Crippen LogP contribution in [0.4, 0.5) is 5.69 Å². The minimum atomic E-state index is -0.251. The maximum absolute atomic E-state index is 12.0. The number of nitrogens with zero attached hydrogens (tertiary/aromatic N) is 1. The van der Waals surface area contributed by atoms with Crippen LogP contribution in [0.5, 0.6) is 0 Å². The van der Waals surface area contributed by atoms with Gasteiger partial charge in [0.2, 0.25) is 11.8 Å². The van der Waals surface area contributed by atoms with Crippen molar-refractivity contribution >= 4 is 17.5 Å². The summed E-state index contributed by atoms with van der Waals surface area (Å²) in [5.41, 5.74) is 7.33. The van der Waals surface area contributed by atoms with Crippen molar-refractivity contribution < 1.29 is 9.59 Å². The number of amides is 2. The number of likely N-dealkylation sites (tertiary alicyclic amines) is 1. The SMILES string of the molecule is CCC(C)C(=O)Nc1cccc(CN2CCCC2C(N)=O)c1. The van der Waals surface area contributed by atoms with Crippen LogP contribution in [0.1, 0.15) is 38.7 Å². The first-order valence-corrected chi connectivity index (χ1v) is 7.94. The van der Waals surface area contributed by atoms with E-state index in [1.54, 1.807) is 0 Å². The van der Waals surface area contributed by atoms with Crippen molar-refractivity contribution in [1.82, 2.24) is 4.90 Å². The molecule has 2 atom stereocenters. The number of anilines is 1. The highest BCUT2D eigenvalue weighted by Crippen LogP contribution is 2.21. The van der Waals surface area contributed by atoms with E-state index >= 15 is 0 Å². The van der Waals surface area contributed by atoms with Crippen molar-refractivity contribution in [3.63, 3.8) is 0 Å². The van der Waals surface area contributed by atoms with Crippen LogP contribution < -0.4 is 11.1 Å². The molecule has 1 aromatic carbocycles. The standard InChI is InChI=1S/C17H25N3O2/c1-3-12(2)17(22)19-14-7-4-6-13(10-14)11-20-9-5-8-15(20)16(18)21/h4,6-7,10,12,15H,3,5,8-9,11H2,1-2H3,(H2,18,21)(H,19,22). The van der Waals surface area contributed by atoms with Crippen LogP contribution in [0.2, 0.25) is 0 Å². The van der Waals surface area contributed by atoms with E-state index in [0.29, 0.717) is 6.54 Å². The van der Waals surface area contributed by atoms with Gasteiger partial charge in [0.15, 0.2) is 0 Å². The van der Waals surface area contributed by atoms with Crippen LogP contribution in [0.3, 0.4) is 0 Å². The van der Waals surface area contributed by atoms with Crippen molar-refractivity contribution in [2.45, 2.75) is 45.7 Å². The maximum atomic E-state index is 12.0. The van der Waals surface area contributed by atoms with Gasteiger partial charge in [-0.3, -0.25) is 14.5 Å². The molecule has 1 fully saturated rings. The molecule has 2 amide bonds. The molecule has 1 aromatic rings. The molecule has 5 heteroatoms. The molecule has 0 saturated carbocycles. The normalized spacial score (nSPS) is 19.8. The number of nitrogens with two attached hydrogens (primary N) is 1. The third-order valence-electron chi connectivity index (χ3n) is 4.33. The fourth-order valence-electron chi connectivity index (χ4n) is 2.77. The van der Waals surface area contributed by atoms with Crippen LogP contribution >= 0.6 is 0 Å². The van der Waals surface area contributed by atoms with Gasteiger partial charge in [0.1, 0.15) is 0 Å². The lowest BCUT2D eigenvalue weighted by Gasteiger charge is -2.22. The van der Waals surface area contributed by atoms with E-state index in [0.717, 1.165) is 37.1 Å². The molecule has 2 unspecified atom stereocenters. The Balaban J connectivity index is 2.02. The summed E-state index contributed by atoms with van der Waals surface area (Å²) >= 11 is 0. The smallest absolute Gasteiger partial charge is 0.234 e. The minimum absolute atomic E-state index is 0.00137. The highest BCUT2D eigenvalue weighted by atomic mass is 16.2. The second-order valence-corrected chi connectivity index (χ2v) is 6.03. The number of nitrogens with one attached hydrogen (secondary N) is 1. The van der Waals surface area contributed by atoms with Gasteiger partial charge in [-0.1, -0.05) is 26.0 Å². The molecule has 1 saturated heterocycles. The zero-order chi connectivity index (χ0) is 16.1. The molecule has 1 aliphatic rings. The fourth-order valence-corrected chi connectivity index (χ4v) is 2.77. The Morgan fingerprint density at radius 2 is 2.23 bits per heavy atom. The molecule has 0 aliphatic carbocycles. The molecule has 5 nitrogen and oxygen atoms in total. The van der Waals surface area contributed by atoms with E-state index in [2.05, 4.69) is 10.2 Å². The summed E-state index contributed by atoms with van der Waals surface area (Å²) in [4.78, 5) is 25.5. The van der Waals surface area contributed by atoms with E-state index in [-0.39, 0.29) is 23.8 Å². The van der Waals surface area contributed by atoms with Gasteiger partial charge in [0.25, 0.3) is 0 Å². The molecule has 120 valence electrons. The summed E-state index contributed by atoms with van der Waals surface area (Å²) in [7, 11) is 0. The topological polar surface area (TPSA) is 75.4 Å². The summed E-state index contributed by atoms with van der Waals surface area (Å²) in [6.45, 7) is 5.48. The Morgan fingerprint density at radius 1 is 1.45 bits per heavy atom. The maximum Gasteiger partial charge on any atom is 0.234 e. The quantitative estimate of drug-likeness (QED) is 0.845. The van der Waals surface area contributed by atoms with Crippen molar-refractivity contribution in [1.29, 1.82) is 0 Å².